The van der Waals surface area contributed by atoms with Gasteiger partial charge in [0.2, 0.25) is 0 Å². The maximum absolute atomic E-state index is 13.4. The first-order valence-corrected chi connectivity index (χ1v) is 7.23. The van der Waals surface area contributed by atoms with Crippen molar-refractivity contribution >= 4 is 23.1 Å². The van der Waals surface area contributed by atoms with E-state index >= 15 is 0 Å². The zero-order chi connectivity index (χ0) is 14.1. The van der Waals surface area contributed by atoms with Gasteiger partial charge in [0.1, 0.15) is 11.5 Å². The lowest BCUT2D eigenvalue weighted by atomic mass is 10.3. The lowest BCUT2D eigenvalue weighted by Crippen LogP contribution is -1.90. The van der Waals surface area contributed by atoms with Crippen LogP contribution in [0.4, 0.5) is 10.1 Å². The van der Waals surface area contributed by atoms with Crippen LogP contribution in [-0.4, -0.2) is 9.38 Å². The molecule has 102 valence electrons. The summed E-state index contributed by atoms with van der Waals surface area (Å²) in [5, 5.41) is 0. The molecule has 0 unspecified atom stereocenters. The Morgan fingerprint density at radius 1 is 1.35 bits per heavy atom. The number of anilines is 1. The van der Waals surface area contributed by atoms with Gasteiger partial charge in [-0.3, -0.25) is 0 Å². The minimum atomic E-state index is -0.374. The van der Waals surface area contributed by atoms with Gasteiger partial charge in [-0.25, -0.2) is 9.37 Å². The molecular weight excluding hydrogens is 273 g/mol. The van der Waals surface area contributed by atoms with Crippen LogP contribution in [0, 0.1) is 12.7 Å². The lowest BCUT2D eigenvalue weighted by molar-refractivity contribution is 0.629. The Morgan fingerprint density at radius 3 is 2.95 bits per heavy atom. The van der Waals surface area contributed by atoms with Gasteiger partial charge in [-0.05, 0) is 36.8 Å². The third kappa shape index (κ3) is 2.49. The van der Waals surface area contributed by atoms with Crippen LogP contribution in [-0.2, 0) is 5.75 Å². The highest BCUT2D eigenvalue weighted by Crippen LogP contribution is 2.25. The Kier molecular flexibility index (Phi) is 3.36. The van der Waals surface area contributed by atoms with Gasteiger partial charge in [0.25, 0.3) is 0 Å². The number of nitrogens with zero attached hydrogens (tertiary/aromatic N) is 2. The van der Waals surface area contributed by atoms with Crippen molar-refractivity contribution in [2.45, 2.75) is 17.6 Å². The predicted octanol–water partition coefficient (Wildman–Crippen LogP) is 3.66. The number of aryl methyl sites for hydroxylation is 1. The first-order valence-electron chi connectivity index (χ1n) is 6.24. The molecule has 0 aliphatic heterocycles. The van der Waals surface area contributed by atoms with Gasteiger partial charge < -0.3 is 10.1 Å². The maximum Gasteiger partial charge on any atom is 0.147 e. The molecule has 0 aliphatic carbocycles. The number of imidazole rings is 1. The molecule has 3 rings (SSSR count). The second-order valence-electron chi connectivity index (χ2n) is 4.63. The highest BCUT2D eigenvalue weighted by atomic mass is 32.2. The fourth-order valence-electron chi connectivity index (χ4n) is 2.03. The van der Waals surface area contributed by atoms with Crippen LogP contribution >= 0.6 is 11.8 Å². The van der Waals surface area contributed by atoms with E-state index in [1.54, 1.807) is 17.8 Å². The normalized spacial score (nSPS) is 11.1. The van der Waals surface area contributed by atoms with Gasteiger partial charge in [0, 0.05) is 23.0 Å². The Labute approximate surface area is 120 Å². The molecule has 0 fully saturated rings. The molecule has 20 heavy (non-hydrogen) atoms. The molecular formula is C15H14FN3S. The average Bonchev–Trinajstić information content (AvgIpc) is 2.85. The van der Waals surface area contributed by atoms with Crippen molar-refractivity contribution in [2.24, 2.45) is 0 Å². The quantitative estimate of drug-likeness (QED) is 0.590. The van der Waals surface area contributed by atoms with E-state index in [1.165, 1.54) is 6.07 Å². The van der Waals surface area contributed by atoms with E-state index in [0.717, 1.165) is 21.8 Å². The number of aromatic nitrogens is 2. The number of rotatable bonds is 3. The summed E-state index contributed by atoms with van der Waals surface area (Å²) in [5.41, 5.74) is 8.72. The first-order chi connectivity index (χ1) is 9.63. The summed E-state index contributed by atoms with van der Waals surface area (Å²) in [7, 11) is 0. The molecule has 0 bridgehead atoms. The largest absolute Gasteiger partial charge is 0.396 e. The number of nitrogen functional groups attached to an aromatic ring is 1. The van der Waals surface area contributed by atoms with Crippen molar-refractivity contribution < 1.29 is 4.39 Å². The molecule has 0 atom stereocenters. The van der Waals surface area contributed by atoms with E-state index < -0.39 is 0 Å². The molecule has 0 saturated carbocycles. The number of nitrogens with two attached hydrogens (primary N) is 1. The smallest absolute Gasteiger partial charge is 0.147 e. The monoisotopic (exact) mass is 287 g/mol. The Hall–Kier alpha value is -2.01. The molecule has 2 N–H and O–H groups in total. The Balaban J connectivity index is 1.79. The SMILES string of the molecule is Cc1cccn2cc(CSc3ccc(N)c(F)c3)nc12. The van der Waals surface area contributed by atoms with Gasteiger partial charge >= 0.3 is 0 Å². The Morgan fingerprint density at radius 2 is 2.20 bits per heavy atom. The molecule has 2 heterocycles. The number of hydrogen-bond acceptors (Lipinski definition) is 3. The van der Waals surface area contributed by atoms with Crippen LogP contribution in [0.1, 0.15) is 11.3 Å². The van der Waals surface area contributed by atoms with Crippen LogP contribution in [0.15, 0.2) is 47.6 Å². The molecule has 2 aromatic heterocycles. The summed E-state index contributed by atoms with van der Waals surface area (Å²) in [6.07, 6.45) is 3.98. The molecule has 5 heteroatoms. The molecule has 3 nitrogen and oxygen atoms in total. The lowest BCUT2D eigenvalue weighted by Gasteiger charge is -2.01. The fourth-order valence-corrected chi connectivity index (χ4v) is 2.83. The van der Waals surface area contributed by atoms with Crippen molar-refractivity contribution in [2.75, 3.05) is 5.73 Å². The van der Waals surface area contributed by atoms with Crippen LogP contribution in [0.2, 0.25) is 0 Å². The summed E-state index contributed by atoms with van der Waals surface area (Å²) < 4.78 is 15.4. The highest BCUT2D eigenvalue weighted by molar-refractivity contribution is 7.98. The van der Waals surface area contributed by atoms with Crippen LogP contribution in [0.5, 0.6) is 0 Å². The van der Waals surface area contributed by atoms with E-state index in [0.29, 0.717) is 5.75 Å². The number of thioether (sulfide) groups is 1. The van der Waals surface area contributed by atoms with Crippen LogP contribution < -0.4 is 5.73 Å². The molecule has 0 radical (unpaired) electrons. The molecule has 0 aliphatic rings. The van der Waals surface area contributed by atoms with Crippen LogP contribution in [0.25, 0.3) is 5.65 Å². The molecule has 1 aromatic carbocycles. The summed E-state index contributed by atoms with van der Waals surface area (Å²) in [4.78, 5) is 5.44. The van der Waals surface area contributed by atoms with Gasteiger partial charge in [-0.2, -0.15) is 0 Å². The summed E-state index contributed by atoms with van der Waals surface area (Å²) in [6, 6.07) is 8.90. The first kappa shape index (κ1) is 13.0. The van der Waals surface area contributed by atoms with E-state index in [-0.39, 0.29) is 11.5 Å². The topological polar surface area (TPSA) is 43.3 Å². The third-order valence-electron chi connectivity index (χ3n) is 3.09. The van der Waals surface area contributed by atoms with Crippen molar-refractivity contribution in [1.29, 1.82) is 0 Å². The number of hydrogen-bond donors (Lipinski definition) is 1. The number of fused-ring (bicyclic) bond motifs is 1. The zero-order valence-corrected chi connectivity index (χ0v) is 11.8. The predicted molar refractivity (Wildman–Crippen MR) is 80.3 cm³/mol. The van der Waals surface area contributed by atoms with E-state index in [1.807, 2.05) is 41.9 Å². The second-order valence-corrected chi connectivity index (χ2v) is 5.68. The summed E-state index contributed by atoms with van der Waals surface area (Å²) in [6.45, 7) is 2.04. The van der Waals surface area contributed by atoms with Crippen molar-refractivity contribution in [3.8, 4) is 0 Å². The minimum absolute atomic E-state index is 0.178. The number of benzene rings is 1. The van der Waals surface area contributed by atoms with Gasteiger partial charge in [-0.1, -0.05) is 6.07 Å². The standard InChI is InChI=1S/C15H14FN3S/c1-10-3-2-6-19-8-11(18-15(10)19)9-20-12-4-5-14(17)13(16)7-12/h2-8H,9,17H2,1H3. The maximum atomic E-state index is 13.4. The third-order valence-corrected chi connectivity index (χ3v) is 4.11. The summed E-state index contributed by atoms with van der Waals surface area (Å²) >= 11 is 1.55. The number of pyridine rings is 1. The van der Waals surface area contributed by atoms with E-state index in [4.69, 9.17) is 5.73 Å². The van der Waals surface area contributed by atoms with Gasteiger partial charge in [0.15, 0.2) is 0 Å². The Bertz CT molecular complexity index is 767. The highest BCUT2D eigenvalue weighted by Gasteiger charge is 2.05. The van der Waals surface area contributed by atoms with Crippen molar-refractivity contribution in [1.82, 2.24) is 9.38 Å². The van der Waals surface area contributed by atoms with E-state index in [9.17, 15) is 4.39 Å². The van der Waals surface area contributed by atoms with Crippen molar-refractivity contribution in [3.63, 3.8) is 0 Å². The summed E-state index contributed by atoms with van der Waals surface area (Å²) in [5.74, 6) is 0.325. The van der Waals surface area contributed by atoms with E-state index in [2.05, 4.69) is 4.98 Å². The molecule has 0 spiro atoms. The number of halogens is 1. The molecule has 0 amide bonds. The van der Waals surface area contributed by atoms with Gasteiger partial charge in [-0.15, -0.1) is 11.8 Å². The van der Waals surface area contributed by atoms with Crippen molar-refractivity contribution in [3.05, 3.63) is 59.8 Å². The average molecular weight is 287 g/mol. The second kappa shape index (κ2) is 5.17. The molecule has 3 aromatic rings. The molecule has 0 saturated heterocycles. The zero-order valence-electron chi connectivity index (χ0n) is 11.0. The minimum Gasteiger partial charge on any atom is -0.396 e. The van der Waals surface area contributed by atoms with Crippen LogP contribution in [0.3, 0.4) is 0 Å². The fraction of sp³-hybridized carbons (Fsp3) is 0.133. The van der Waals surface area contributed by atoms with Gasteiger partial charge in [0.05, 0.1) is 11.4 Å².